The highest BCUT2D eigenvalue weighted by Gasteiger charge is 2.67. The smallest absolute Gasteiger partial charge is 0.303 e. The molecule has 4 aliphatic carbocycles. The van der Waals surface area contributed by atoms with Crippen LogP contribution in [-0.4, -0.2) is 25.3 Å². The second-order valence-corrected chi connectivity index (χ2v) is 12.6. The monoisotopic (exact) mass is 468 g/mol. The van der Waals surface area contributed by atoms with Gasteiger partial charge in [-0.3, -0.25) is 4.79 Å². The van der Waals surface area contributed by atoms with Crippen LogP contribution in [0.2, 0.25) is 0 Å². The molecule has 0 aromatic carbocycles. The van der Waals surface area contributed by atoms with Crippen molar-refractivity contribution in [1.29, 1.82) is 0 Å². The molecule has 4 saturated carbocycles. The molecule has 34 heavy (non-hydrogen) atoms. The van der Waals surface area contributed by atoms with Gasteiger partial charge in [0.25, 0.3) is 0 Å². The topological polar surface area (TPSA) is 35.5 Å². The van der Waals surface area contributed by atoms with Crippen molar-refractivity contribution in [1.82, 2.24) is 0 Å². The minimum atomic E-state index is -0.207. The summed E-state index contributed by atoms with van der Waals surface area (Å²) < 4.78 is 11.8. The average molecular weight is 469 g/mol. The molecule has 9 atom stereocenters. The summed E-state index contributed by atoms with van der Waals surface area (Å²) in [6, 6.07) is 0. The molecule has 0 heterocycles. The molecule has 0 N–H and O–H groups in total. The van der Waals surface area contributed by atoms with Crippen LogP contribution >= 0.6 is 0 Å². The maximum Gasteiger partial charge on any atom is 0.303 e. The first-order valence-electron chi connectivity index (χ1n) is 13.8. The van der Waals surface area contributed by atoms with Crippen molar-refractivity contribution in [2.24, 2.45) is 46.3 Å². The van der Waals surface area contributed by atoms with Gasteiger partial charge in [-0.25, -0.2) is 0 Å². The van der Waals surface area contributed by atoms with E-state index < -0.39 is 0 Å². The number of esters is 1. The van der Waals surface area contributed by atoms with Gasteiger partial charge in [0.15, 0.2) is 0 Å². The van der Waals surface area contributed by atoms with E-state index in [0.29, 0.717) is 35.0 Å². The lowest BCUT2D eigenvalue weighted by Gasteiger charge is -2.44. The highest BCUT2D eigenvalue weighted by Crippen LogP contribution is 2.69. The Morgan fingerprint density at radius 3 is 2.56 bits per heavy atom. The third-order valence-electron chi connectivity index (χ3n) is 10.5. The first kappa shape index (κ1) is 25.7. The first-order chi connectivity index (χ1) is 16.0. The summed E-state index contributed by atoms with van der Waals surface area (Å²) in [6.45, 7) is 17.9. The molecule has 0 aromatic rings. The SMILES string of the molecule is C=C1[C@@H](OC(C)=O)CC2CC12C(C=C1CCC[C@@]2(C)C1CCC2[C@H](C)C=C[C@H](C)C(C)C)OC. The number of hydrogen-bond donors (Lipinski definition) is 0. The van der Waals surface area contributed by atoms with Gasteiger partial charge >= 0.3 is 5.97 Å². The second kappa shape index (κ2) is 9.60. The Bertz CT molecular complexity index is 853. The number of allylic oxidation sites excluding steroid dienone is 3. The van der Waals surface area contributed by atoms with Gasteiger partial charge in [0.1, 0.15) is 6.10 Å². The fourth-order valence-corrected chi connectivity index (χ4v) is 8.06. The van der Waals surface area contributed by atoms with Gasteiger partial charge in [-0.2, -0.15) is 0 Å². The third-order valence-corrected chi connectivity index (χ3v) is 10.5. The van der Waals surface area contributed by atoms with E-state index in [1.807, 2.05) is 7.11 Å². The van der Waals surface area contributed by atoms with Gasteiger partial charge in [-0.05, 0) is 91.4 Å². The Hall–Kier alpha value is -1.35. The molecule has 0 aliphatic heterocycles. The number of rotatable bonds is 8. The van der Waals surface area contributed by atoms with Crippen LogP contribution in [0.1, 0.15) is 86.5 Å². The van der Waals surface area contributed by atoms with Gasteiger partial charge < -0.3 is 9.47 Å². The average Bonchev–Trinajstić information content (AvgIpc) is 3.28. The first-order valence-corrected chi connectivity index (χ1v) is 13.8. The van der Waals surface area contributed by atoms with Crippen molar-refractivity contribution in [2.45, 2.75) is 98.7 Å². The van der Waals surface area contributed by atoms with Gasteiger partial charge in [0.05, 0.1) is 6.10 Å². The molecule has 0 radical (unpaired) electrons. The summed E-state index contributed by atoms with van der Waals surface area (Å²) in [5.41, 5.74) is 3.05. The Morgan fingerprint density at radius 2 is 1.91 bits per heavy atom. The van der Waals surface area contributed by atoms with Crippen LogP contribution < -0.4 is 0 Å². The van der Waals surface area contributed by atoms with E-state index in [0.717, 1.165) is 24.3 Å². The molecule has 4 fully saturated rings. The maximum atomic E-state index is 11.6. The van der Waals surface area contributed by atoms with Crippen LogP contribution in [0.3, 0.4) is 0 Å². The summed E-state index contributed by atoms with van der Waals surface area (Å²) in [6.07, 6.45) is 15.8. The zero-order chi connectivity index (χ0) is 24.8. The van der Waals surface area contributed by atoms with Crippen LogP contribution in [0.15, 0.2) is 36.0 Å². The molecule has 0 amide bonds. The summed E-state index contributed by atoms with van der Waals surface area (Å²) in [4.78, 5) is 11.6. The summed E-state index contributed by atoms with van der Waals surface area (Å²) in [5.74, 6) is 3.69. The van der Waals surface area contributed by atoms with Crippen molar-refractivity contribution in [3.05, 3.63) is 36.0 Å². The van der Waals surface area contributed by atoms with Crippen LogP contribution in [0.5, 0.6) is 0 Å². The van der Waals surface area contributed by atoms with E-state index in [2.05, 4.69) is 59.4 Å². The summed E-state index contributed by atoms with van der Waals surface area (Å²) in [7, 11) is 1.85. The van der Waals surface area contributed by atoms with E-state index in [-0.39, 0.29) is 23.6 Å². The van der Waals surface area contributed by atoms with Gasteiger partial charge in [-0.1, -0.05) is 65.0 Å². The quantitative estimate of drug-likeness (QED) is 0.273. The molecular formula is C31H48O3. The van der Waals surface area contributed by atoms with Crippen molar-refractivity contribution < 1.29 is 14.3 Å². The number of methoxy groups -OCH3 is 1. The lowest BCUT2D eigenvalue weighted by molar-refractivity contribution is -0.144. The largest absolute Gasteiger partial charge is 0.458 e. The molecule has 0 bridgehead atoms. The van der Waals surface area contributed by atoms with Crippen LogP contribution in [0, 0.1) is 46.3 Å². The van der Waals surface area contributed by atoms with E-state index in [1.165, 1.54) is 39.0 Å². The van der Waals surface area contributed by atoms with E-state index in [9.17, 15) is 4.79 Å². The molecule has 0 aromatic heterocycles. The third kappa shape index (κ3) is 4.36. The molecule has 4 rings (SSSR count). The minimum Gasteiger partial charge on any atom is -0.458 e. The highest BCUT2D eigenvalue weighted by atomic mass is 16.5. The maximum absolute atomic E-state index is 11.6. The van der Waals surface area contributed by atoms with E-state index in [1.54, 1.807) is 5.57 Å². The Kier molecular flexibility index (Phi) is 7.27. The summed E-state index contributed by atoms with van der Waals surface area (Å²) >= 11 is 0. The molecular weight excluding hydrogens is 420 g/mol. The molecule has 5 unspecified atom stereocenters. The lowest BCUT2D eigenvalue weighted by Crippen LogP contribution is -2.36. The number of carbonyl (C=O) groups is 1. The molecule has 4 aliphatic rings. The van der Waals surface area contributed by atoms with Crippen LogP contribution in [-0.2, 0) is 14.3 Å². The number of fused-ring (bicyclic) bond motifs is 2. The Balaban J connectivity index is 1.52. The number of hydrogen-bond acceptors (Lipinski definition) is 3. The molecule has 190 valence electrons. The molecule has 0 spiro atoms. The lowest BCUT2D eigenvalue weighted by atomic mass is 9.61. The zero-order valence-corrected chi connectivity index (χ0v) is 22.7. The van der Waals surface area contributed by atoms with Gasteiger partial charge in [0, 0.05) is 19.4 Å². The minimum absolute atomic E-state index is 0.0310. The van der Waals surface area contributed by atoms with Gasteiger partial charge in [0.2, 0.25) is 0 Å². The highest BCUT2D eigenvalue weighted by molar-refractivity contribution is 5.67. The van der Waals surface area contributed by atoms with Crippen molar-refractivity contribution in [3.63, 3.8) is 0 Å². The zero-order valence-electron chi connectivity index (χ0n) is 22.7. The van der Waals surface area contributed by atoms with Crippen molar-refractivity contribution in [2.75, 3.05) is 7.11 Å². The predicted molar refractivity (Wildman–Crippen MR) is 139 cm³/mol. The van der Waals surface area contributed by atoms with E-state index in [4.69, 9.17) is 9.47 Å². The van der Waals surface area contributed by atoms with Gasteiger partial charge in [-0.15, -0.1) is 0 Å². The molecule has 3 nitrogen and oxygen atoms in total. The Morgan fingerprint density at radius 1 is 1.18 bits per heavy atom. The van der Waals surface area contributed by atoms with Crippen molar-refractivity contribution in [3.8, 4) is 0 Å². The number of ether oxygens (including phenoxy) is 2. The Labute approximate surface area is 208 Å². The fraction of sp³-hybridized carbons (Fsp3) is 0.774. The standard InChI is InChI=1S/C31H48O3/c1-19(2)20(3)11-12-21(4)26-13-14-27-24(10-9-15-30(26,27)7)16-29(33-8)31-18-25(31)17-28(22(31)5)34-23(6)32/h11-12,16,19-21,25-29H,5,9-10,13-15,17-18H2,1-4,6-8H3/t20-,21+,25?,26?,27?,28-,29?,30+,31?/m0/s1. The second-order valence-electron chi connectivity index (χ2n) is 12.6. The van der Waals surface area contributed by atoms with Crippen molar-refractivity contribution >= 4 is 5.97 Å². The summed E-state index contributed by atoms with van der Waals surface area (Å²) in [5, 5.41) is 0. The van der Waals surface area contributed by atoms with E-state index >= 15 is 0 Å². The molecule has 3 heteroatoms. The van der Waals surface area contributed by atoms with Crippen LogP contribution in [0.4, 0.5) is 0 Å². The molecule has 0 saturated heterocycles. The normalized spacial score (nSPS) is 40.9. The predicted octanol–water partition coefficient (Wildman–Crippen LogP) is 7.53. The van der Waals surface area contributed by atoms with Crippen LogP contribution in [0.25, 0.3) is 0 Å². The fourth-order valence-electron chi connectivity index (χ4n) is 8.06. The number of carbonyl (C=O) groups excluding carboxylic acids is 1.